The van der Waals surface area contributed by atoms with Crippen LogP contribution in [0.2, 0.25) is 0 Å². The number of amides is 1. The molecular weight excluding hydrogens is 272 g/mol. The Bertz CT molecular complexity index is 562. The topological polar surface area (TPSA) is 48.8 Å². The number of likely N-dealkylation sites (N-methyl/N-ethyl adjacent to an activating group) is 1. The summed E-state index contributed by atoms with van der Waals surface area (Å²) in [5.74, 6) is -0.158. The summed E-state index contributed by atoms with van der Waals surface area (Å²) in [5, 5.41) is 0.824. The summed E-state index contributed by atoms with van der Waals surface area (Å²) in [6.07, 6.45) is 3.53. The number of carbonyl (C=O) groups is 1. The third kappa shape index (κ3) is 2.91. The van der Waals surface area contributed by atoms with Gasteiger partial charge in [0, 0.05) is 32.4 Å². The van der Waals surface area contributed by atoms with Crippen LogP contribution in [0, 0.1) is 0 Å². The van der Waals surface area contributed by atoms with E-state index in [1.54, 1.807) is 12.3 Å². The second-order valence-electron chi connectivity index (χ2n) is 4.86. The Kier molecular flexibility index (Phi) is 3.84. The molecule has 0 aliphatic carbocycles. The van der Waals surface area contributed by atoms with Crippen LogP contribution < -0.4 is 0 Å². The van der Waals surface area contributed by atoms with Gasteiger partial charge >= 0.3 is 0 Å². The molecule has 104 valence electrons. The minimum absolute atomic E-state index is 0.158. The maximum absolute atomic E-state index is 12.0. The van der Waals surface area contributed by atoms with E-state index in [0.29, 0.717) is 4.91 Å². The average Bonchev–Trinajstić information content (AvgIpc) is 2.82. The van der Waals surface area contributed by atoms with Crippen molar-refractivity contribution in [2.75, 3.05) is 33.2 Å². The minimum atomic E-state index is -0.158. The van der Waals surface area contributed by atoms with Crippen LogP contribution in [-0.2, 0) is 4.79 Å². The lowest BCUT2D eigenvalue weighted by molar-refractivity contribution is -0.113. The lowest BCUT2D eigenvalue weighted by Crippen LogP contribution is -2.46. The number of nitrogens with zero attached hydrogens (tertiary/aromatic N) is 4. The van der Waals surface area contributed by atoms with Crippen molar-refractivity contribution in [3.05, 3.63) is 35.0 Å². The van der Waals surface area contributed by atoms with E-state index < -0.39 is 0 Å². The molecule has 0 bridgehead atoms. The van der Waals surface area contributed by atoms with E-state index in [2.05, 4.69) is 26.8 Å². The molecule has 2 aliphatic heterocycles. The first kappa shape index (κ1) is 13.3. The van der Waals surface area contributed by atoms with Gasteiger partial charge in [0.1, 0.15) is 0 Å². The van der Waals surface area contributed by atoms with E-state index in [1.807, 2.05) is 18.2 Å². The predicted octanol–water partition coefficient (Wildman–Crippen LogP) is 1.30. The summed E-state index contributed by atoms with van der Waals surface area (Å²) in [6.45, 7) is 3.86. The van der Waals surface area contributed by atoms with Gasteiger partial charge in [-0.05, 0) is 37.0 Å². The zero-order valence-corrected chi connectivity index (χ0v) is 12.1. The summed E-state index contributed by atoms with van der Waals surface area (Å²) < 4.78 is 0. The van der Waals surface area contributed by atoms with E-state index >= 15 is 0 Å². The third-order valence-corrected chi connectivity index (χ3v) is 4.39. The highest BCUT2D eigenvalue weighted by Crippen LogP contribution is 2.30. The molecule has 20 heavy (non-hydrogen) atoms. The number of carbonyl (C=O) groups excluding carboxylic acids is 1. The van der Waals surface area contributed by atoms with Crippen LogP contribution >= 0.6 is 11.8 Å². The number of hydrogen-bond acceptors (Lipinski definition) is 5. The van der Waals surface area contributed by atoms with Gasteiger partial charge in [-0.15, -0.1) is 0 Å². The Morgan fingerprint density at radius 1 is 1.25 bits per heavy atom. The summed E-state index contributed by atoms with van der Waals surface area (Å²) >= 11 is 1.45. The molecule has 0 radical (unpaired) electrons. The Hall–Kier alpha value is -1.66. The van der Waals surface area contributed by atoms with Gasteiger partial charge in [0.15, 0.2) is 5.17 Å². The molecular formula is C14H16N4OS. The highest BCUT2D eigenvalue weighted by atomic mass is 32.2. The molecule has 5 nitrogen and oxygen atoms in total. The molecule has 1 aromatic rings. The standard InChI is InChI=1S/C14H16N4OS/c1-17-6-8-18(9-7-17)14-16-13(19)12(20-14)10-11-4-2-3-5-15-11/h2-5,10H,6-9H2,1H3/b12-10+. The molecule has 1 amide bonds. The van der Waals surface area contributed by atoms with Crippen molar-refractivity contribution in [3.63, 3.8) is 0 Å². The maximum atomic E-state index is 12.0. The fourth-order valence-corrected chi connectivity index (χ4v) is 3.08. The minimum Gasteiger partial charge on any atom is -0.348 e. The normalized spacial score (nSPS) is 22.4. The van der Waals surface area contributed by atoms with Crippen LogP contribution in [0.1, 0.15) is 5.69 Å². The Morgan fingerprint density at radius 3 is 2.75 bits per heavy atom. The first-order valence-corrected chi connectivity index (χ1v) is 7.41. The molecule has 1 saturated heterocycles. The Morgan fingerprint density at radius 2 is 2.05 bits per heavy atom. The van der Waals surface area contributed by atoms with Gasteiger partial charge < -0.3 is 9.80 Å². The van der Waals surface area contributed by atoms with Crippen molar-refractivity contribution in [3.8, 4) is 0 Å². The van der Waals surface area contributed by atoms with Gasteiger partial charge in [0.25, 0.3) is 5.91 Å². The van der Waals surface area contributed by atoms with E-state index in [9.17, 15) is 4.79 Å². The first-order valence-electron chi connectivity index (χ1n) is 6.59. The smallest absolute Gasteiger partial charge is 0.286 e. The van der Waals surface area contributed by atoms with E-state index in [1.165, 1.54) is 11.8 Å². The summed E-state index contributed by atoms with van der Waals surface area (Å²) in [6, 6.07) is 5.65. The zero-order chi connectivity index (χ0) is 13.9. The van der Waals surface area contributed by atoms with E-state index in [0.717, 1.165) is 37.0 Å². The fourth-order valence-electron chi connectivity index (χ4n) is 2.13. The van der Waals surface area contributed by atoms with Gasteiger partial charge in [0.2, 0.25) is 0 Å². The molecule has 0 atom stereocenters. The second-order valence-corrected chi connectivity index (χ2v) is 5.86. The van der Waals surface area contributed by atoms with Gasteiger partial charge in [0.05, 0.1) is 10.6 Å². The van der Waals surface area contributed by atoms with Crippen molar-refractivity contribution in [1.82, 2.24) is 14.8 Å². The lowest BCUT2D eigenvalue weighted by Gasteiger charge is -2.32. The molecule has 3 rings (SSSR count). The molecule has 6 heteroatoms. The Labute approximate surface area is 122 Å². The van der Waals surface area contributed by atoms with Crippen LogP contribution in [0.25, 0.3) is 6.08 Å². The molecule has 2 aliphatic rings. The van der Waals surface area contributed by atoms with Crippen LogP contribution in [0.5, 0.6) is 0 Å². The fraction of sp³-hybridized carbons (Fsp3) is 0.357. The van der Waals surface area contributed by atoms with E-state index in [4.69, 9.17) is 0 Å². The first-order chi connectivity index (χ1) is 9.72. The lowest BCUT2D eigenvalue weighted by atomic mass is 10.3. The maximum Gasteiger partial charge on any atom is 0.286 e. The van der Waals surface area contributed by atoms with Crippen LogP contribution in [0.15, 0.2) is 34.3 Å². The number of pyridine rings is 1. The van der Waals surface area contributed by atoms with Gasteiger partial charge in [-0.3, -0.25) is 9.78 Å². The second kappa shape index (κ2) is 5.76. The number of rotatable bonds is 1. The van der Waals surface area contributed by atoms with Crippen LogP contribution in [0.3, 0.4) is 0 Å². The summed E-state index contributed by atoms with van der Waals surface area (Å²) in [4.78, 5) is 25.4. The van der Waals surface area contributed by atoms with Crippen molar-refractivity contribution >= 4 is 28.9 Å². The molecule has 0 saturated carbocycles. The summed E-state index contributed by atoms with van der Waals surface area (Å²) in [5.41, 5.74) is 0.790. The quantitative estimate of drug-likeness (QED) is 0.729. The number of amidine groups is 1. The van der Waals surface area contributed by atoms with Crippen LogP contribution in [0.4, 0.5) is 0 Å². The highest BCUT2D eigenvalue weighted by Gasteiger charge is 2.27. The molecule has 0 unspecified atom stereocenters. The van der Waals surface area contributed by atoms with Crippen molar-refractivity contribution in [2.45, 2.75) is 0 Å². The summed E-state index contributed by atoms with van der Waals surface area (Å²) in [7, 11) is 2.11. The van der Waals surface area contributed by atoms with Crippen molar-refractivity contribution in [2.24, 2.45) is 4.99 Å². The SMILES string of the molecule is CN1CCN(C2=NC(=O)/C(=C\c3ccccn3)S2)CC1. The number of thioether (sulfide) groups is 1. The highest BCUT2D eigenvalue weighted by molar-refractivity contribution is 8.18. The van der Waals surface area contributed by atoms with E-state index in [-0.39, 0.29) is 5.91 Å². The largest absolute Gasteiger partial charge is 0.348 e. The third-order valence-electron chi connectivity index (χ3n) is 3.35. The van der Waals surface area contributed by atoms with Crippen molar-refractivity contribution < 1.29 is 4.79 Å². The molecule has 1 aromatic heterocycles. The number of hydrogen-bond donors (Lipinski definition) is 0. The molecule has 3 heterocycles. The predicted molar refractivity (Wildman–Crippen MR) is 81.3 cm³/mol. The Balaban J connectivity index is 1.71. The number of aliphatic imine (C=N–C) groups is 1. The van der Waals surface area contributed by atoms with Gasteiger partial charge in [-0.2, -0.15) is 4.99 Å². The monoisotopic (exact) mass is 288 g/mol. The van der Waals surface area contributed by atoms with Crippen molar-refractivity contribution in [1.29, 1.82) is 0 Å². The molecule has 0 spiro atoms. The number of piperazine rings is 1. The van der Waals surface area contributed by atoms with Gasteiger partial charge in [-0.25, -0.2) is 0 Å². The van der Waals surface area contributed by atoms with Gasteiger partial charge in [-0.1, -0.05) is 6.07 Å². The average molecular weight is 288 g/mol. The zero-order valence-electron chi connectivity index (χ0n) is 11.3. The molecule has 1 fully saturated rings. The molecule has 0 aromatic carbocycles. The van der Waals surface area contributed by atoms with Crippen LogP contribution in [-0.4, -0.2) is 59.1 Å². The number of aromatic nitrogens is 1. The molecule has 0 N–H and O–H groups in total.